The van der Waals surface area contributed by atoms with Gasteiger partial charge >= 0.3 is 0 Å². The molecular formula is C16H17F2N3O. The van der Waals surface area contributed by atoms with Crippen LogP contribution >= 0.6 is 0 Å². The van der Waals surface area contributed by atoms with Gasteiger partial charge in [-0.1, -0.05) is 6.92 Å². The average molecular weight is 305 g/mol. The second-order valence-corrected chi connectivity index (χ2v) is 6.09. The number of hydrogen-bond donors (Lipinski definition) is 0. The van der Waals surface area contributed by atoms with Gasteiger partial charge in [-0.3, -0.25) is 9.78 Å². The van der Waals surface area contributed by atoms with Gasteiger partial charge in [0, 0.05) is 18.4 Å². The van der Waals surface area contributed by atoms with Gasteiger partial charge in [-0.05, 0) is 37.3 Å². The first-order valence-corrected chi connectivity index (χ1v) is 7.49. The molecule has 0 saturated carbocycles. The molecule has 2 saturated heterocycles. The molecule has 22 heavy (non-hydrogen) atoms. The van der Waals surface area contributed by atoms with Crippen molar-refractivity contribution < 1.29 is 13.6 Å². The van der Waals surface area contributed by atoms with E-state index in [9.17, 15) is 13.6 Å². The Balaban J connectivity index is 1.95. The van der Waals surface area contributed by atoms with Crippen LogP contribution in [0, 0.1) is 16.7 Å². The lowest BCUT2D eigenvalue weighted by atomic mass is 9.81. The molecule has 0 spiro atoms. The smallest absolute Gasteiger partial charge is 0.252 e. The van der Waals surface area contributed by atoms with Gasteiger partial charge in [-0.25, -0.2) is 8.78 Å². The Labute approximate surface area is 127 Å². The van der Waals surface area contributed by atoms with Gasteiger partial charge in [0.2, 0.25) is 5.91 Å². The van der Waals surface area contributed by atoms with Crippen molar-refractivity contribution in [2.45, 2.75) is 51.1 Å². The number of amides is 1. The molecule has 0 bridgehead atoms. The van der Waals surface area contributed by atoms with Crippen LogP contribution in [0.15, 0.2) is 18.5 Å². The number of carbonyl (C=O) groups excluding carboxylic acids is 1. The Morgan fingerprint density at radius 3 is 2.91 bits per heavy atom. The summed E-state index contributed by atoms with van der Waals surface area (Å²) in [6, 6.07) is 3.34. The van der Waals surface area contributed by atoms with Crippen molar-refractivity contribution in [2.75, 3.05) is 0 Å². The zero-order chi connectivity index (χ0) is 15.9. The van der Waals surface area contributed by atoms with E-state index in [1.165, 1.54) is 6.20 Å². The van der Waals surface area contributed by atoms with Crippen LogP contribution in [0.5, 0.6) is 0 Å². The monoisotopic (exact) mass is 305 g/mol. The van der Waals surface area contributed by atoms with Crippen molar-refractivity contribution in [3.63, 3.8) is 0 Å². The molecule has 0 aliphatic carbocycles. The van der Waals surface area contributed by atoms with Gasteiger partial charge in [-0.2, -0.15) is 5.26 Å². The standard InChI is InChI=1S/C16H17F2N3O/c1-2-16(14(17)18)6-12-3-4-13(21(12)15(16)22)11-5-10(7-19)8-20-9-11/h5,8-9,12-14H,2-4,6H2,1H3/t12-,13-,16?/m0/s1. The molecule has 2 aliphatic rings. The highest BCUT2D eigenvalue weighted by atomic mass is 19.3. The van der Waals surface area contributed by atoms with Crippen LogP contribution in [0.4, 0.5) is 8.78 Å². The van der Waals surface area contributed by atoms with Crippen LogP contribution in [0.3, 0.4) is 0 Å². The zero-order valence-electron chi connectivity index (χ0n) is 12.3. The van der Waals surface area contributed by atoms with E-state index < -0.39 is 17.7 Å². The second kappa shape index (κ2) is 5.31. The van der Waals surface area contributed by atoms with E-state index in [0.717, 1.165) is 18.4 Å². The summed E-state index contributed by atoms with van der Waals surface area (Å²) < 4.78 is 27.0. The van der Waals surface area contributed by atoms with Crippen molar-refractivity contribution in [3.05, 3.63) is 29.6 Å². The Morgan fingerprint density at radius 1 is 1.50 bits per heavy atom. The third-order valence-electron chi connectivity index (χ3n) is 5.08. The van der Waals surface area contributed by atoms with E-state index >= 15 is 0 Å². The SMILES string of the molecule is CCC1(C(F)F)C[C@@H]2CC[C@@H](c3cncc(C#N)c3)N2C1=O. The number of pyridine rings is 1. The molecule has 3 rings (SSSR count). The van der Waals surface area contributed by atoms with E-state index in [1.807, 2.05) is 6.07 Å². The molecule has 0 N–H and O–H groups in total. The molecule has 0 aromatic carbocycles. The molecular weight excluding hydrogens is 288 g/mol. The Morgan fingerprint density at radius 2 is 2.27 bits per heavy atom. The summed E-state index contributed by atoms with van der Waals surface area (Å²) in [7, 11) is 0. The second-order valence-electron chi connectivity index (χ2n) is 6.09. The first kappa shape index (κ1) is 14.9. The Bertz CT molecular complexity index is 643. The summed E-state index contributed by atoms with van der Waals surface area (Å²) in [5.74, 6) is -0.445. The highest BCUT2D eigenvalue weighted by Crippen LogP contribution is 2.52. The topological polar surface area (TPSA) is 57.0 Å². The predicted octanol–water partition coefficient (Wildman–Crippen LogP) is 3.05. The zero-order valence-corrected chi connectivity index (χ0v) is 12.3. The van der Waals surface area contributed by atoms with Crippen molar-refractivity contribution in [3.8, 4) is 6.07 Å². The highest BCUT2D eigenvalue weighted by molar-refractivity contribution is 5.86. The maximum atomic E-state index is 13.5. The van der Waals surface area contributed by atoms with Gasteiger partial charge in [0.15, 0.2) is 0 Å². The molecule has 1 unspecified atom stereocenters. The normalized spacial score (nSPS) is 30.7. The minimum atomic E-state index is -2.64. The van der Waals surface area contributed by atoms with Gasteiger partial charge in [-0.15, -0.1) is 0 Å². The van der Waals surface area contributed by atoms with Crippen LogP contribution in [-0.2, 0) is 4.79 Å². The fraction of sp³-hybridized carbons (Fsp3) is 0.562. The van der Waals surface area contributed by atoms with E-state index in [4.69, 9.17) is 5.26 Å². The molecule has 3 atom stereocenters. The first-order chi connectivity index (χ1) is 10.5. The van der Waals surface area contributed by atoms with Crippen molar-refractivity contribution in [1.29, 1.82) is 5.26 Å². The number of aromatic nitrogens is 1. The molecule has 1 aromatic heterocycles. The third-order valence-corrected chi connectivity index (χ3v) is 5.08. The third kappa shape index (κ3) is 1.99. The molecule has 4 nitrogen and oxygen atoms in total. The quantitative estimate of drug-likeness (QED) is 0.862. The van der Waals surface area contributed by atoms with Crippen molar-refractivity contribution in [1.82, 2.24) is 9.88 Å². The van der Waals surface area contributed by atoms with Crippen molar-refractivity contribution >= 4 is 5.91 Å². The van der Waals surface area contributed by atoms with Gasteiger partial charge < -0.3 is 4.90 Å². The Kier molecular flexibility index (Phi) is 3.59. The van der Waals surface area contributed by atoms with Crippen LogP contribution in [0.1, 0.15) is 49.8 Å². The molecule has 3 heterocycles. The van der Waals surface area contributed by atoms with Gasteiger partial charge in [0.1, 0.15) is 11.5 Å². The molecule has 1 aromatic rings. The van der Waals surface area contributed by atoms with E-state index in [-0.39, 0.29) is 24.9 Å². The Hall–Kier alpha value is -2.03. The minimum absolute atomic E-state index is 0.128. The lowest BCUT2D eigenvalue weighted by Gasteiger charge is -2.29. The molecule has 6 heteroatoms. The van der Waals surface area contributed by atoms with Crippen LogP contribution in [0.25, 0.3) is 0 Å². The summed E-state index contributed by atoms with van der Waals surface area (Å²) in [5, 5.41) is 8.97. The minimum Gasteiger partial charge on any atom is -0.332 e. The number of carbonyl (C=O) groups is 1. The molecule has 2 fully saturated rings. The van der Waals surface area contributed by atoms with Crippen LogP contribution < -0.4 is 0 Å². The lowest BCUT2D eigenvalue weighted by Crippen LogP contribution is -2.40. The van der Waals surface area contributed by atoms with Crippen LogP contribution in [-0.4, -0.2) is 28.3 Å². The first-order valence-electron chi connectivity index (χ1n) is 7.49. The molecule has 116 valence electrons. The number of hydrogen-bond acceptors (Lipinski definition) is 3. The number of fused-ring (bicyclic) bond motifs is 1. The number of nitrogens with zero attached hydrogens (tertiary/aromatic N) is 3. The number of halogens is 2. The van der Waals surface area contributed by atoms with Crippen molar-refractivity contribution in [2.24, 2.45) is 5.41 Å². The summed E-state index contributed by atoms with van der Waals surface area (Å²) in [4.78, 5) is 18.3. The maximum absolute atomic E-state index is 13.5. The molecule has 1 amide bonds. The molecule has 0 radical (unpaired) electrons. The number of nitriles is 1. The molecule has 2 aliphatic heterocycles. The van der Waals surface area contributed by atoms with Gasteiger partial charge in [0.25, 0.3) is 6.43 Å². The summed E-state index contributed by atoms with van der Waals surface area (Å²) >= 11 is 0. The average Bonchev–Trinajstić information content (AvgIpc) is 3.06. The fourth-order valence-corrected chi connectivity index (χ4v) is 3.82. The lowest BCUT2D eigenvalue weighted by molar-refractivity contribution is -0.146. The fourth-order valence-electron chi connectivity index (χ4n) is 3.82. The number of alkyl halides is 2. The number of rotatable bonds is 3. The highest BCUT2D eigenvalue weighted by Gasteiger charge is 2.59. The maximum Gasteiger partial charge on any atom is 0.252 e. The largest absolute Gasteiger partial charge is 0.332 e. The van der Waals surface area contributed by atoms with E-state index in [1.54, 1.807) is 24.1 Å². The summed E-state index contributed by atoms with van der Waals surface area (Å²) in [5.41, 5.74) is -0.358. The van der Waals surface area contributed by atoms with Crippen LogP contribution in [0.2, 0.25) is 0 Å². The van der Waals surface area contributed by atoms with E-state index in [2.05, 4.69) is 4.98 Å². The van der Waals surface area contributed by atoms with E-state index in [0.29, 0.717) is 5.56 Å². The summed E-state index contributed by atoms with van der Waals surface area (Å²) in [6.07, 6.45) is 2.27. The van der Waals surface area contributed by atoms with Gasteiger partial charge in [0.05, 0.1) is 11.6 Å². The predicted molar refractivity (Wildman–Crippen MR) is 74.9 cm³/mol. The summed E-state index contributed by atoms with van der Waals surface area (Å²) in [6.45, 7) is 1.65.